The summed E-state index contributed by atoms with van der Waals surface area (Å²) in [5.41, 5.74) is 16.5. The largest absolute Gasteiger partial charge is 0.455 e. The van der Waals surface area contributed by atoms with Crippen LogP contribution in [-0.4, -0.2) is 4.57 Å². The molecule has 0 fully saturated rings. The third-order valence-electron chi connectivity index (χ3n) is 12.7. The summed E-state index contributed by atoms with van der Waals surface area (Å²) in [6.07, 6.45) is 14.5. The number of pyridine rings is 1. The number of imidazole rings is 1. The zero-order valence-corrected chi connectivity index (χ0v) is 33.0. The third-order valence-corrected chi connectivity index (χ3v) is 12.7. The fourth-order valence-electron chi connectivity index (χ4n) is 9.69. The lowest BCUT2D eigenvalue weighted by atomic mass is 9.68. The van der Waals surface area contributed by atoms with E-state index in [1.165, 1.54) is 90.9 Å². The van der Waals surface area contributed by atoms with Crippen LogP contribution in [0, 0.1) is 27.7 Å². The van der Waals surface area contributed by atoms with Crippen molar-refractivity contribution in [3.63, 3.8) is 0 Å². The van der Waals surface area contributed by atoms with Crippen molar-refractivity contribution < 1.29 is 13.6 Å². The van der Waals surface area contributed by atoms with E-state index in [0.717, 1.165) is 43.3 Å². The van der Waals surface area contributed by atoms with Crippen molar-refractivity contribution in [1.29, 1.82) is 0 Å². The minimum Gasteiger partial charge on any atom is -0.455 e. The number of hydrogen-bond acceptors (Lipinski definition) is 1. The molecule has 0 radical (unpaired) electrons. The molecular weight excluding hydrogens is 647 g/mol. The lowest BCUT2D eigenvalue weighted by molar-refractivity contribution is -0.763. The topological polar surface area (TPSA) is 25.8 Å². The molecule has 0 N–H and O–H groups in total. The average Bonchev–Trinajstić information content (AvgIpc) is 3.73. The summed E-state index contributed by atoms with van der Waals surface area (Å²) in [5, 5.41) is 2.43. The molecule has 0 bridgehead atoms. The van der Waals surface area contributed by atoms with Gasteiger partial charge in [0.25, 0.3) is 5.82 Å². The van der Waals surface area contributed by atoms with Gasteiger partial charge in [-0.05, 0) is 98.9 Å². The second-order valence-corrected chi connectivity index (χ2v) is 15.7. The van der Waals surface area contributed by atoms with Gasteiger partial charge in [0.1, 0.15) is 29.2 Å². The first-order valence-corrected chi connectivity index (χ1v) is 19.9. The highest BCUT2D eigenvalue weighted by atomic mass is 16.3. The smallest absolute Gasteiger partial charge is 0.294 e. The number of furan rings is 1. The molecule has 1 aliphatic rings. The quantitative estimate of drug-likeness (QED) is 0.130. The van der Waals surface area contributed by atoms with E-state index < -0.39 is 0 Å². The van der Waals surface area contributed by atoms with Crippen LogP contribution in [0.25, 0.3) is 50.3 Å². The van der Waals surface area contributed by atoms with Crippen molar-refractivity contribution in [3.8, 4) is 28.3 Å². The Morgan fingerprint density at radius 2 is 1.53 bits per heavy atom. The molecule has 4 nitrogen and oxygen atoms in total. The first-order valence-electron chi connectivity index (χ1n) is 19.9. The van der Waals surface area contributed by atoms with Crippen molar-refractivity contribution >= 4 is 21.9 Å². The Morgan fingerprint density at radius 1 is 0.774 bits per heavy atom. The fourth-order valence-corrected chi connectivity index (χ4v) is 9.69. The minimum absolute atomic E-state index is 0.0636. The molecule has 53 heavy (non-hydrogen) atoms. The van der Waals surface area contributed by atoms with Crippen LogP contribution >= 0.6 is 0 Å². The van der Waals surface area contributed by atoms with Gasteiger partial charge in [0.15, 0.2) is 11.7 Å². The summed E-state index contributed by atoms with van der Waals surface area (Å²) in [4.78, 5) is 0. The van der Waals surface area contributed by atoms with Gasteiger partial charge in [-0.3, -0.25) is 0 Å². The number of benzene rings is 4. The number of aryl methyl sites for hydroxylation is 7. The van der Waals surface area contributed by atoms with Crippen molar-refractivity contribution in [1.82, 2.24) is 4.57 Å². The van der Waals surface area contributed by atoms with E-state index in [0.29, 0.717) is 5.92 Å². The van der Waals surface area contributed by atoms with E-state index in [9.17, 15) is 0 Å². The van der Waals surface area contributed by atoms with Crippen LogP contribution in [0.5, 0.6) is 0 Å². The van der Waals surface area contributed by atoms with E-state index in [1.54, 1.807) is 0 Å². The average molecular weight is 702 g/mol. The van der Waals surface area contributed by atoms with Crippen LogP contribution in [0.1, 0.15) is 97.7 Å². The molecule has 3 aromatic heterocycles. The predicted molar refractivity (Wildman–Crippen MR) is 219 cm³/mol. The molecule has 1 unspecified atom stereocenters. The molecule has 4 heterocycles. The molecule has 1 aliphatic heterocycles. The number of hydrogen-bond donors (Lipinski definition) is 0. The van der Waals surface area contributed by atoms with E-state index in [1.807, 2.05) is 0 Å². The summed E-state index contributed by atoms with van der Waals surface area (Å²) < 4.78 is 14.3. The predicted octanol–water partition coefficient (Wildman–Crippen LogP) is 11.6. The number of nitrogens with zero attached hydrogens (tertiary/aromatic N) is 3. The summed E-state index contributed by atoms with van der Waals surface area (Å²) in [6.45, 7) is 16.0. The maximum absolute atomic E-state index is 6.98. The Balaban J connectivity index is 1.28. The second kappa shape index (κ2) is 13.8. The van der Waals surface area contributed by atoms with Gasteiger partial charge < -0.3 is 4.42 Å². The zero-order valence-electron chi connectivity index (χ0n) is 33.0. The van der Waals surface area contributed by atoms with Crippen molar-refractivity contribution in [2.75, 3.05) is 0 Å². The number of rotatable bonds is 10. The van der Waals surface area contributed by atoms with Gasteiger partial charge in [-0.1, -0.05) is 87.9 Å². The lowest BCUT2D eigenvalue weighted by Crippen LogP contribution is -2.62. The maximum atomic E-state index is 6.98. The normalized spacial score (nSPS) is 14.9. The van der Waals surface area contributed by atoms with Crippen LogP contribution in [0.15, 0.2) is 102 Å². The van der Waals surface area contributed by atoms with Crippen LogP contribution in [0.4, 0.5) is 0 Å². The molecule has 4 heteroatoms. The van der Waals surface area contributed by atoms with Gasteiger partial charge in [-0.2, -0.15) is 9.13 Å². The molecule has 0 amide bonds. The highest BCUT2D eigenvalue weighted by Crippen LogP contribution is 2.51. The molecule has 0 spiro atoms. The van der Waals surface area contributed by atoms with Crippen LogP contribution in [0.2, 0.25) is 0 Å². The molecule has 1 atom stereocenters. The summed E-state index contributed by atoms with van der Waals surface area (Å²) in [5.74, 6) is 1.52. The second-order valence-electron chi connectivity index (χ2n) is 15.7. The van der Waals surface area contributed by atoms with E-state index >= 15 is 0 Å². The Bertz CT molecular complexity index is 2470. The first kappa shape index (κ1) is 35.1. The summed E-state index contributed by atoms with van der Waals surface area (Å²) in [6, 6.07) is 29.8. The SMILES string of the molecule is CCCCc1ccc2c(c1)oc1c3c(ccc12)C(CCc1ccccc1-c1n(-c2c(C)cccc2C)cc[n+]1C)C(CC)(CC)[n+]1cc(C)c(C)cc1-3. The minimum atomic E-state index is -0.0636. The van der Waals surface area contributed by atoms with Crippen molar-refractivity contribution in [2.24, 2.45) is 7.05 Å². The number of fused-ring (bicyclic) bond motifs is 7. The molecule has 0 aliphatic carbocycles. The first-order chi connectivity index (χ1) is 25.7. The molecule has 0 saturated carbocycles. The van der Waals surface area contributed by atoms with E-state index in [-0.39, 0.29) is 5.54 Å². The monoisotopic (exact) mass is 701 g/mol. The van der Waals surface area contributed by atoms with Crippen molar-refractivity contribution in [2.45, 2.75) is 105 Å². The molecule has 270 valence electrons. The Kier molecular flexibility index (Phi) is 9.13. The van der Waals surface area contributed by atoms with Crippen LogP contribution in [0.3, 0.4) is 0 Å². The van der Waals surface area contributed by atoms with Crippen LogP contribution in [-0.2, 0) is 25.4 Å². The van der Waals surface area contributed by atoms with Crippen LogP contribution < -0.4 is 9.13 Å². The summed E-state index contributed by atoms with van der Waals surface area (Å²) >= 11 is 0. The Morgan fingerprint density at radius 3 is 2.28 bits per heavy atom. The van der Waals surface area contributed by atoms with Gasteiger partial charge in [0.2, 0.25) is 5.69 Å². The standard InChI is InChI=1S/C49H55N3O/c1-9-12-18-36-21-23-39-40-24-25-41-42(49(10-2,11-3)52-31-35(7)34(6)29-43(52)45(41)47(40)53-44(39)30-36)26-22-37-19-13-14-20-38(37)48-50(8)27-28-51(48)46-32(4)16-15-17-33(46)5/h13-17,19-21,23-25,27-31,42H,9-12,18,22,26H2,1-8H3/q+2. The zero-order chi connectivity index (χ0) is 37.0. The maximum Gasteiger partial charge on any atom is 0.294 e. The fraction of sp³-hybridized carbons (Fsp3) is 0.347. The Hall–Kier alpha value is -4.96. The van der Waals surface area contributed by atoms with Gasteiger partial charge >= 0.3 is 0 Å². The van der Waals surface area contributed by atoms with Crippen molar-refractivity contribution in [3.05, 3.63) is 136 Å². The lowest BCUT2D eigenvalue weighted by Gasteiger charge is -2.40. The number of aromatic nitrogens is 3. The van der Waals surface area contributed by atoms with E-state index in [4.69, 9.17) is 4.42 Å². The summed E-state index contributed by atoms with van der Waals surface area (Å²) in [7, 11) is 2.18. The highest BCUT2D eigenvalue weighted by molar-refractivity contribution is 6.10. The van der Waals surface area contributed by atoms with Gasteiger partial charge in [0.05, 0.1) is 24.1 Å². The molecular formula is C49H55N3O+2. The molecule has 0 saturated heterocycles. The molecule has 4 aromatic carbocycles. The van der Waals surface area contributed by atoms with E-state index in [2.05, 4.69) is 167 Å². The number of unbranched alkanes of at least 4 members (excludes halogenated alkanes) is 1. The third kappa shape index (κ3) is 5.64. The number of para-hydroxylation sites is 1. The Labute approximate surface area is 315 Å². The van der Waals surface area contributed by atoms with Gasteiger partial charge in [-0.15, -0.1) is 0 Å². The van der Waals surface area contributed by atoms with Gasteiger partial charge in [0, 0.05) is 35.2 Å². The highest BCUT2D eigenvalue weighted by Gasteiger charge is 2.52. The molecule has 7 aromatic rings. The van der Waals surface area contributed by atoms with Gasteiger partial charge in [-0.25, -0.2) is 4.57 Å². The molecule has 8 rings (SSSR count).